The van der Waals surface area contributed by atoms with Gasteiger partial charge in [0.1, 0.15) is 11.4 Å². The first-order valence-electron chi connectivity index (χ1n) is 12.5. The number of Topliss-reactive ketones (excluding diaryl/α,β-unsaturated/α-hetero) is 1. The van der Waals surface area contributed by atoms with Crippen molar-refractivity contribution < 1.29 is 14.7 Å². The van der Waals surface area contributed by atoms with Gasteiger partial charge in [-0.25, -0.2) is 9.78 Å². The van der Waals surface area contributed by atoms with Crippen LogP contribution < -0.4 is 0 Å². The van der Waals surface area contributed by atoms with Crippen LogP contribution in [0.1, 0.15) is 62.8 Å². The second-order valence-corrected chi connectivity index (χ2v) is 9.74. The van der Waals surface area contributed by atoms with Crippen LogP contribution in [0.4, 0.5) is 0 Å². The van der Waals surface area contributed by atoms with Gasteiger partial charge in [-0.15, -0.1) is 0 Å². The fourth-order valence-electron chi connectivity index (χ4n) is 5.61. The zero-order valence-electron chi connectivity index (χ0n) is 20.5. The van der Waals surface area contributed by atoms with Gasteiger partial charge in [0.15, 0.2) is 5.78 Å². The van der Waals surface area contributed by atoms with Crippen molar-refractivity contribution in [2.45, 2.75) is 44.2 Å². The number of hydrogen-bond acceptors (Lipinski definition) is 4. The number of carboxylic acids is 1. The lowest BCUT2D eigenvalue weighted by molar-refractivity contribution is 0.0588. The van der Waals surface area contributed by atoms with E-state index in [1.165, 1.54) is 0 Å². The summed E-state index contributed by atoms with van der Waals surface area (Å²) < 4.78 is 2.17. The summed E-state index contributed by atoms with van der Waals surface area (Å²) in [6.07, 6.45) is 14.6. The zero-order chi connectivity index (χ0) is 25.1. The smallest absolute Gasteiger partial charge is 0.335 e. The van der Waals surface area contributed by atoms with E-state index in [0.29, 0.717) is 24.4 Å². The first-order chi connectivity index (χ1) is 17.5. The van der Waals surface area contributed by atoms with Crippen LogP contribution in [0, 0.1) is 6.92 Å². The number of piperidine rings is 1. The number of carboxylic acid groups (broad SMARTS) is 1. The van der Waals surface area contributed by atoms with Crippen molar-refractivity contribution in [1.82, 2.24) is 14.5 Å². The molecule has 1 atom stereocenters. The summed E-state index contributed by atoms with van der Waals surface area (Å²) in [5.41, 5.74) is 2.26. The molecule has 36 heavy (non-hydrogen) atoms. The molecule has 0 bridgehead atoms. The Bertz CT molecular complexity index is 1320. The summed E-state index contributed by atoms with van der Waals surface area (Å²) in [5.74, 6) is 0.615. The average molecular weight is 482 g/mol. The molecule has 0 amide bonds. The SMILES string of the molecule is Cc1cc(Cn2ccnc2C2CCN(C3(C(=O)c4ccccc4)C=CC=CC3)CC2)ccc1C(=O)O. The molecule has 184 valence electrons. The lowest BCUT2D eigenvalue weighted by Gasteiger charge is -2.45. The molecule has 6 nitrogen and oxygen atoms in total. The number of likely N-dealkylation sites (tertiary alicyclic amines) is 1. The molecule has 0 spiro atoms. The first kappa shape index (κ1) is 23.9. The van der Waals surface area contributed by atoms with Crippen LogP contribution in [0.25, 0.3) is 0 Å². The largest absolute Gasteiger partial charge is 0.478 e. The number of aryl methyl sites for hydroxylation is 1. The highest BCUT2D eigenvalue weighted by molar-refractivity contribution is 6.05. The maximum absolute atomic E-state index is 13.7. The zero-order valence-corrected chi connectivity index (χ0v) is 20.5. The number of imidazole rings is 1. The quantitative estimate of drug-likeness (QED) is 0.466. The number of nitrogens with zero attached hydrogens (tertiary/aromatic N) is 3. The van der Waals surface area contributed by atoms with Crippen molar-refractivity contribution in [3.05, 3.63) is 113 Å². The Kier molecular flexibility index (Phi) is 6.70. The van der Waals surface area contributed by atoms with Crippen molar-refractivity contribution in [3.63, 3.8) is 0 Å². The van der Waals surface area contributed by atoms with Gasteiger partial charge in [0.2, 0.25) is 0 Å². The van der Waals surface area contributed by atoms with E-state index in [1.54, 1.807) is 6.07 Å². The lowest BCUT2D eigenvalue weighted by atomic mass is 9.79. The summed E-state index contributed by atoms with van der Waals surface area (Å²) in [4.78, 5) is 32.1. The van der Waals surface area contributed by atoms with Crippen molar-refractivity contribution in [1.29, 1.82) is 0 Å². The van der Waals surface area contributed by atoms with E-state index in [1.807, 2.05) is 73.9 Å². The van der Waals surface area contributed by atoms with Crippen LogP contribution in [-0.4, -0.2) is 49.9 Å². The highest BCUT2D eigenvalue weighted by atomic mass is 16.4. The lowest BCUT2D eigenvalue weighted by Crippen LogP contribution is -2.56. The Morgan fingerprint density at radius 3 is 2.53 bits per heavy atom. The second-order valence-electron chi connectivity index (χ2n) is 9.74. The van der Waals surface area contributed by atoms with E-state index < -0.39 is 11.5 Å². The number of carbonyl (C=O) groups excluding carboxylic acids is 1. The molecule has 1 unspecified atom stereocenters. The van der Waals surface area contributed by atoms with Gasteiger partial charge in [-0.2, -0.15) is 0 Å². The minimum atomic E-state index is -0.902. The molecule has 1 aliphatic carbocycles. The normalized spacial score (nSPS) is 20.5. The maximum atomic E-state index is 13.7. The summed E-state index contributed by atoms with van der Waals surface area (Å²) in [7, 11) is 0. The minimum absolute atomic E-state index is 0.156. The van der Waals surface area contributed by atoms with E-state index in [2.05, 4.69) is 21.6 Å². The Morgan fingerprint density at radius 2 is 1.86 bits per heavy atom. The third-order valence-electron chi connectivity index (χ3n) is 7.52. The summed E-state index contributed by atoms with van der Waals surface area (Å²) >= 11 is 0. The molecule has 0 saturated carbocycles. The molecule has 1 saturated heterocycles. The second kappa shape index (κ2) is 10.1. The van der Waals surface area contributed by atoms with Crippen molar-refractivity contribution >= 4 is 11.8 Å². The molecule has 6 heteroatoms. The topological polar surface area (TPSA) is 75.4 Å². The molecular formula is C30H31N3O3. The predicted molar refractivity (Wildman–Crippen MR) is 139 cm³/mol. The van der Waals surface area contributed by atoms with Crippen LogP contribution in [0.3, 0.4) is 0 Å². The molecule has 3 aromatic rings. The monoisotopic (exact) mass is 481 g/mol. The molecule has 2 aliphatic rings. The third kappa shape index (κ3) is 4.56. The molecule has 2 heterocycles. The molecule has 1 aromatic heterocycles. The number of benzene rings is 2. The van der Waals surface area contributed by atoms with E-state index >= 15 is 0 Å². The van der Waals surface area contributed by atoms with Crippen molar-refractivity contribution in [2.75, 3.05) is 13.1 Å². The third-order valence-corrected chi connectivity index (χ3v) is 7.52. The number of carbonyl (C=O) groups is 2. The molecular weight excluding hydrogens is 450 g/mol. The van der Waals surface area contributed by atoms with Crippen LogP contribution in [0.2, 0.25) is 0 Å². The number of aromatic nitrogens is 2. The Labute approximate surface area is 211 Å². The van der Waals surface area contributed by atoms with E-state index in [9.17, 15) is 14.7 Å². The number of rotatable bonds is 7. The van der Waals surface area contributed by atoms with E-state index in [0.717, 1.165) is 48.4 Å². The fourth-order valence-corrected chi connectivity index (χ4v) is 5.61. The maximum Gasteiger partial charge on any atom is 0.335 e. The highest BCUT2D eigenvalue weighted by Crippen LogP contribution is 2.36. The van der Waals surface area contributed by atoms with Crippen molar-refractivity contribution in [2.24, 2.45) is 0 Å². The first-order valence-corrected chi connectivity index (χ1v) is 12.5. The van der Waals surface area contributed by atoms with Gasteiger partial charge >= 0.3 is 5.97 Å². The molecule has 1 fully saturated rings. The number of ketones is 1. The Morgan fingerprint density at radius 1 is 1.08 bits per heavy atom. The van der Waals surface area contributed by atoms with Crippen molar-refractivity contribution in [3.8, 4) is 0 Å². The number of aromatic carboxylic acids is 1. The van der Waals surface area contributed by atoms with Gasteiger partial charge in [0, 0.05) is 43.5 Å². The van der Waals surface area contributed by atoms with E-state index in [4.69, 9.17) is 4.98 Å². The fraction of sp³-hybridized carbons (Fsp3) is 0.300. The standard InChI is InChI=1S/C30H31N3O3/c1-22-20-23(10-11-26(22)29(35)36)21-32-19-16-31-28(32)25-12-17-33(18-13-25)30(14-6-3-7-15-30)27(34)24-8-4-2-5-9-24/h2-11,14,16,19-20,25H,12-13,15,17-18,21H2,1H3,(H,35,36). The van der Waals surface area contributed by atoms with Gasteiger partial charge in [-0.1, -0.05) is 66.8 Å². The summed E-state index contributed by atoms with van der Waals surface area (Å²) in [6.45, 7) is 4.13. The van der Waals surface area contributed by atoms with Gasteiger partial charge in [0.25, 0.3) is 0 Å². The van der Waals surface area contributed by atoms with Gasteiger partial charge < -0.3 is 9.67 Å². The van der Waals surface area contributed by atoms with Gasteiger partial charge in [-0.3, -0.25) is 9.69 Å². The van der Waals surface area contributed by atoms with Crippen LogP contribution in [-0.2, 0) is 6.54 Å². The van der Waals surface area contributed by atoms with Crippen LogP contribution in [0.5, 0.6) is 0 Å². The summed E-state index contributed by atoms with van der Waals surface area (Å²) in [5, 5.41) is 9.31. The van der Waals surface area contributed by atoms with Crippen LogP contribution >= 0.6 is 0 Å². The van der Waals surface area contributed by atoms with Gasteiger partial charge in [0.05, 0.1) is 5.56 Å². The number of allylic oxidation sites excluding steroid dienone is 2. The Hall–Kier alpha value is -3.77. The molecule has 0 radical (unpaired) electrons. The highest BCUT2D eigenvalue weighted by Gasteiger charge is 2.43. The van der Waals surface area contributed by atoms with Gasteiger partial charge in [-0.05, 0) is 43.4 Å². The van der Waals surface area contributed by atoms with E-state index in [-0.39, 0.29) is 5.78 Å². The summed E-state index contributed by atoms with van der Waals surface area (Å²) in [6, 6.07) is 15.1. The molecule has 1 aliphatic heterocycles. The van der Waals surface area contributed by atoms with Crippen LogP contribution in [0.15, 0.2) is 85.2 Å². The molecule has 2 aromatic carbocycles. The average Bonchev–Trinajstić information content (AvgIpc) is 3.37. The Balaban J connectivity index is 1.31. The minimum Gasteiger partial charge on any atom is -0.478 e. The molecule has 1 N–H and O–H groups in total. The molecule has 5 rings (SSSR count). The predicted octanol–water partition coefficient (Wildman–Crippen LogP) is 5.26. The number of hydrogen-bond donors (Lipinski definition) is 1.